The van der Waals surface area contributed by atoms with Gasteiger partial charge in [0.05, 0.1) is 12.2 Å². The van der Waals surface area contributed by atoms with Crippen molar-refractivity contribution in [1.82, 2.24) is 14.8 Å². The molecule has 0 unspecified atom stereocenters. The van der Waals surface area contributed by atoms with Crippen LogP contribution >= 0.6 is 23.2 Å². The molecule has 2 heterocycles. The second-order valence-electron chi connectivity index (χ2n) is 8.54. The minimum atomic E-state index is -0.552. The molecule has 0 bridgehead atoms. The summed E-state index contributed by atoms with van der Waals surface area (Å²) in [5.74, 6) is 1.33. The van der Waals surface area contributed by atoms with Crippen LogP contribution in [0, 0.1) is 0 Å². The van der Waals surface area contributed by atoms with Crippen LogP contribution in [-0.4, -0.2) is 27.3 Å². The van der Waals surface area contributed by atoms with E-state index in [4.69, 9.17) is 32.7 Å². The Labute approximate surface area is 230 Å². The molecule has 1 aliphatic rings. The number of nitrogens with one attached hydrogen (secondary N) is 2. The minimum Gasteiger partial charge on any atom is -0.490 e. The van der Waals surface area contributed by atoms with E-state index in [2.05, 4.69) is 20.7 Å². The highest BCUT2D eigenvalue weighted by Gasteiger charge is 2.34. The zero-order chi connectivity index (χ0) is 26.6. The average Bonchev–Trinajstić information content (AvgIpc) is 3.37. The molecule has 0 spiro atoms. The molecule has 1 aliphatic heterocycles. The molecule has 1 amide bonds. The SMILES string of the molecule is CCOc1cc([C@@H]2C(C(=O)Nc3ccccc3)=C(C)Nc3ncnn32)ccc1OCc1c(Cl)cccc1Cl. The molecule has 5 rings (SSSR count). The maximum absolute atomic E-state index is 13.5. The van der Waals surface area contributed by atoms with Crippen molar-refractivity contribution in [3.63, 3.8) is 0 Å². The summed E-state index contributed by atoms with van der Waals surface area (Å²) in [5, 5.41) is 11.6. The Kier molecular flexibility index (Phi) is 7.53. The summed E-state index contributed by atoms with van der Waals surface area (Å²) in [5.41, 5.74) is 3.34. The van der Waals surface area contributed by atoms with E-state index in [1.807, 2.05) is 62.4 Å². The normalized spacial score (nSPS) is 14.5. The zero-order valence-electron chi connectivity index (χ0n) is 20.7. The molecule has 0 fully saturated rings. The molecule has 10 heteroatoms. The van der Waals surface area contributed by atoms with Crippen molar-refractivity contribution >= 4 is 40.7 Å². The number of para-hydroxylation sites is 1. The lowest BCUT2D eigenvalue weighted by Gasteiger charge is -2.29. The summed E-state index contributed by atoms with van der Waals surface area (Å²) in [6, 6.07) is 19.6. The number of ether oxygens (including phenoxy) is 2. The first kappa shape index (κ1) is 25.6. The van der Waals surface area contributed by atoms with Gasteiger partial charge in [-0.25, -0.2) is 4.68 Å². The van der Waals surface area contributed by atoms with Crippen LogP contribution in [0.1, 0.15) is 31.0 Å². The minimum absolute atomic E-state index is 0.169. The highest BCUT2D eigenvalue weighted by Crippen LogP contribution is 2.39. The molecular formula is C28H25Cl2N5O3. The van der Waals surface area contributed by atoms with Crippen LogP contribution < -0.4 is 20.1 Å². The number of hydrogen-bond donors (Lipinski definition) is 2. The van der Waals surface area contributed by atoms with E-state index in [-0.39, 0.29) is 12.5 Å². The lowest BCUT2D eigenvalue weighted by atomic mass is 9.94. The zero-order valence-corrected chi connectivity index (χ0v) is 22.3. The van der Waals surface area contributed by atoms with Gasteiger partial charge in [0, 0.05) is 27.0 Å². The first-order valence-electron chi connectivity index (χ1n) is 12.0. The van der Waals surface area contributed by atoms with Gasteiger partial charge in [-0.1, -0.05) is 53.5 Å². The molecule has 8 nitrogen and oxygen atoms in total. The topological polar surface area (TPSA) is 90.3 Å². The number of fused-ring (bicyclic) bond motifs is 1. The summed E-state index contributed by atoms with van der Waals surface area (Å²) in [6.07, 6.45) is 1.45. The van der Waals surface area contributed by atoms with E-state index in [1.54, 1.807) is 22.9 Å². The Morgan fingerprint density at radius 3 is 2.53 bits per heavy atom. The number of benzene rings is 3. The van der Waals surface area contributed by atoms with E-state index in [9.17, 15) is 4.79 Å². The van der Waals surface area contributed by atoms with Gasteiger partial charge < -0.3 is 20.1 Å². The smallest absolute Gasteiger partial charge is 0.255 e. The molecule has 194 valence electrons. The summed E-state index contributed by atoms with van der Waals surface area (Å²) >= 11 is 12.6. The Morgan fingerprint density at radius 2 is 1.79 bits per heavy atom. The van der Waals surface area contributed by atoms with Gasteiger partial charge in [0.2, 0.25) is 5.95 Å². The average molecular weight is 550 g/mol. The molecule has 38 heavy (non-hydrogen) atoms. The number of amides is 1. The summed E-state index contributed by atoms with van der Waals surface area (Å²) in [4.78, 5) is 17.9. The molecule has 0 saturated heterocycles. The number of rotatable bonds is 8. The van der Waals surface area contributed by atoms with Crippen LogP contribution in [0.2, 0.25) is 10.0 Å². The van der Waals surface area contributed by atoms with Crippen molar-refractivity contribution < 1.29 is 14.3 Å². The number of anilines is 2. The van der Waals surface area contributed by atoms with Crippen molar-refractivity contribution in [3.8, 4) is 11.5 Å². The first-order chi connectivity index (χ1) is 18.5. The molecule has 0 radical (unpaired) electrons. The van der Waals surface area contributed by atoms with E-state index in [0.29, 0.717) is 56.6 Å². The summed E-state index contributed by atoms with van der Waals surface area (Å²) in [6.45, 7) is 4.33. The third kappa shape index (κ3) is 5.18. The van der Waals surface area contributed by atoms with Gasteiger partial charge in [-0.3, -0.25) is 4.79 Å². The lowest BCUT2D eigenvalue weighted by Crippen LogP contribution is -2.31. The van der Waals surface area contributed by atoms with Crippen LogP contribution in [0.15, 0.2) is 84.3 Å². The highest BCUT2D eigenvalue weighted by atomic mass is 35.5. The van der Waals surface area contributed by atoms with Crippen molar-refractivity contribution in [3.05, 3.63) is 105 Å². The van der Waals surface area contributed by atoms with Gasteiger partial charge in [-0.2, -0.15) is 10.1 Å². The molecule has 1 atom stereocenters. The van der Waals surface area contributed by atoms with E-state index >= 15 is 0 Å². The number of allylic oxidation sites excluding steroid dienone is 1. The fourth-order valence-corrected chi connectivity index (χ4v) is 4.82. The van der Waals surface area contributed by atoms with Gasteiger partial charge in [-0.05, 0) is 55.8 Å². The molecule has 0 saturated carbocycles. The maximum atomic E-state index is 13.5. The third-order valence-electron chi connectivity index (χ3n) is 6.09. The predicted octanol–water partition coefficient (Wildman–Crippen LogP) is 6.49. The second kappa shape index (κ2) is 11.2. The van der Waals surface area contributed by atoms with Crippen molar-refractivity contribution in [2.75, 3.05) is 17.2 Å². The molecular weight excluding hydrogens is 525 g/mol. The standard InChI is InChI=1S/C28H25Cl2N5O3/c1-3-37-24-14-18(12-13-23(24)38-15-20-21(29)10-7-11-22(20)30)26-25(17(2)33-28-31-16-32-35(26)28)27(36)34-19-8-5-4-6-9-19/h4-14,16,26H,3,15H2,1-2H3,(H,34,36)(H,31,32,33)/t26-/m1/s1. The van der Waals surface area contributed by atoms with Gasteiger partial charge in [0.15, 0.2) is 11.5 Å². The van der Waals surface area contributed by atoms with Crippen LogP contribution in [0.25, 0.3) is 0 Å². The number of nitrogens with zero attached hydrogens (tertiary/aromatic N) is 3. The van der Waals surface area contributed by atoms with Gasteiger partial charge in [0.1, 0.15) is 19.0 Å². The van der Waals surface area contributed by atoms with E-state index in [1.165, 1.54) is 6.33 Å². The molecule has 2 N–H and O–H groups in total. The number of aromatic nitrogens is 3. The van der Waals surface area contributed by atoms with Crippen molar-refractivity contribution in [1.29, 1.82) is 0 Å². The van der Waals surface area contributed by atoms with E-state index in [0.717, 1.165) is 5.56 Å². The lowest BCUT2D eigenvalue weighted by molar-refractivity contribution is -0.113. The maximum Gasteiger partial charge on any atom is 0.255 e. The van der Waals surface area contributed by atoms with Crippen molar-refractivity contribution in [2.24, 2.45) is 0 Å². The van der Waals surface area contributed by atoms with Gasteiger partial charge >= 0.3 is 0 Å². The monoisotopic (exact) mass is 549 g/mol. The Balaban J connectivity index is 1.50. The second-order valence-corrected chi connectivity index (χ2v) is 9.36. The summed E-state index contributed by atoms with van der Waals surface area (Å²) in [7, 11) is 0. The van der Waals surface area contributed by atoms with Crippen LogP contribution in [0.4, 0.5) is 11.6 Å². The van der Waals surface area contributed by atoms with Gasteiger partial charge in [-0.15, -0.1) is 0 Å². The largest absolute Gasteiger partial charge is 0.490 e. The molecule has 0 aliphatic carbocycles. The third-order valence-corrected chi connectivity index (χ3v) is 6.80. The summed E-state index contributed by atoms with van der Waals surface area (Å²) < 4.78 is 13.7. The number of halogens is 2. The molecule has 1 aromatic heterocycles. The van der Waals surface area contributed by atoms with Gasteiger partial charge in [0.25, 0.3) is 5.91 Å². The van der Waals surface area contributed by atoms with Crippen LogP contribution in [0.3, 0.4) is 0 Å². The van der Waals surface area contributed by atoms with Crippen LogP contribution in [-0.2, 0) is 11.4 Å². The number of carbonyl (C=O) groups excluding carboxylic acids is 1. The molecule has 3 aromatic carbocycles. The Morgan fingerprint density at radius 1 is 1.03 bits per heavy atom. The predicted molar refractivity (Wildman–Crippen MR) is 148 cm³/mol. The van der Waals surface area contributed by atoms with Crippen molar-refractivity contribution in [2.45, 2.75) is 26.5 Å². The Hall–Kier alpha value is -4.01. The number of carbonyl (C=O) groups is 1. The fraction of sp³-hybridized carbons (Fsp3) is 0.179. The molecule has 4 aromatic rings. The van der Waals surface area contributed by atoms with E-state index < -0.39 is 6.04 Å². The quantitative estimate of drug-likeness (QED) is 0.261. The number of hydrogen-bond acceptors (Lipinski definition) is 6. The fourth-order valence-electron chi connectivity index (χ4n) is 4.32. The van der Waals surface area contributed by atoms with Crippen LogP contribution in [0.5, 0.6) is 11.5 Å². The first-order valence-corrected chi connectivity index (χ1v) is 12.8. The highest BCUT2D eigenvalue weighted by molar-refractivity contribution is 6.35. The Bertz CT molecular complexity index is 1480.